The van der Waals surface area contributed by atoms with Crippen molar-refractivity contribution in [3.05, 3.63) is 64.7 Å². The second kappa shape index (κ2) is 8.15. The predicted octanol–water partition coefficient (Wildman–Crippen LogP) is 2.38. The lowest BCUT2D eigenvalue weighted by molar-refractivity contribution is -0.333. The van der Waals surface area contributed by atoms with Crippen molar-refractivity contribution >= 4 is 0 Å². The molecule has 2 saturated heterocycles. The smallest absolute Gasteiger partial charge is 0.225 e. The van der Waals surface area contributed by atoms with Crippen LogP contribution >= 0.6 is 0 Å². The lowest BCUT2D eigenvalue weighted by Crippen LogP contribution is -2.67. The molecule has 4 rings (SSSR count). The molecule has 6 nitrogen and oxygen atoms in total. The number of hydrogen-bond donors (Lipinski definition) is 3. The molecular weight excluding hydrogens is 403 g/mol. The summed E-state index contributed by atoms with van der Waals surface area (Å²) in [6, 6.07) is 13.3. The highest BCUT2D eigenvalue weighted by atomic mass is 19.1. The maximum absolute atomic E-state index is 14.5. The quantitative estimate of drug-likeness (QED) is 0.650. The first-order chi connectivity index (χ1) is 14.7. The van der Waals surface area contributed by atoms with Crippen LogP contribution in [0.2, 0.25) is 0 Å². The summed E-state index contributed by atoms with van der Waals surface area (Å²) in [4.78, 5) is 0. The topological polar surface area (TPSA) is 88.4 Å². The number of aliphatic hydroxyl groups is 3. The average Bonchev–Trinajstić information content (AvgIpc) is 3.15. The first-order valence-electron chi connectivity index (χ1n) is 10.6. The molecule has 3 N–H and O–H groups in total. The minimum atomic E-state index is -1.75. The van der Waals surface area contributed by atoms with E-state index in [9.17, 15) is 19.7 Å². The fraction of sp³-hybridized carbons (Fsp3) is 0.500. The molecule has 2 aromatic rings. The molecule has 0 aliphatic carbocycles. The first kappa shape index (κ1) is 22.2. The van der Waals surface area contributed by atoms with Crippen LogP contribution in [-0.2, 0) is 21.7 Å². The summed E-state index contributed by atoms with van der Waals surface area (Å²) >= 11 is 0. The van der Waals surface area contributed by atoms with E-state index in [0.717, 1.165) is 22.4 Å². The highest BCUT2D eigenvalue weighted by Crippen LogP contribution is 2.51. The zero-order valence-electron chi connectivity index (χ0n) is 17.9. The number of rotatable bonds is 6. The van der Waals surface area contributed by atoms with Gasteiger partial charge in [-0.05, 0) is 62.1 Å². The van der Waals surface area contributed by atoms with E-state index < -0.39 is 35.9 Å². The Hall–Kier alpha value is -2.03. The Morgan fingerprint density at radius 1 is 1.13 bits per heavy atom. The van der Waals surface area contributed by atoms with Gasteiger partial charge < -0.3 is 29.5 Å². The van der Waals surface area contributed by atoms with Gasteiger partial charge in [0.25, 0.3) is 0 Å². The standard InChI is InChI=1S/C24H29FO6/c1-4-29-19-9-6-16(7-10-19)11-17-12-18(8-5-14(17)2)24-22(28)20(26)21(27)23(31-24,13-30-24)15(3)25/h5-10,12,15,20-22,26-28H,4,11,13H2,1-3H3/t15-,20+,21+,22-,23-,24+/m1/s1. The number of benzene rings is 2. The van der Waals surface area contributed by atoms with E-state index in [4.69, 9.17) is 14.2 Å². The summed E-state index contributed by atoms with van der Waals surface area (Å²) in [5.41, 5.74) is 1.81. The van der Waals surface area contributed by atoms with Gasteiger partial charge in [-0.2, -0.15) is 0 Å². The number of ether oxygens (including phenoxy) is 3. The zero-order valence-corrected chi connectivity index (χ0v) is 17.9. The Balaban J connectivity index is 1.67. The molecule has 2 aliphatic rings. The Kier molecular flexibility index (Phi) is 5.83. The van der Waals surface area contributed by atoms with Crippen molar-refractivity contribution in [2.45, 2.75) is 63.1 Å². The van der Waals surface area contributed by atoms with Gasteiger partial charge in [-0.15, -0.1) is 0 Å². The van der Waals surface area contributed by atoms with Crippen LogP contribution in [0.4, 0.5) is 4.39 Å². The van der Waals surface area contributed by atoms with E-state index in [1.807, 2.05) is 50.2 Å². The second-order valence-electron chi connectivity index (χ2n) is 8.40. The largest absolute Gasteiger partial charge is 0.494 e. The molecule has 2 aromatic carbocycles. The molecule has 168 valence electrons. The highest BCUT2D eigenvalue weighted by Gasteiger charge is 2.69. The summed E-state index contributed by atoms with van der Waals surface area (Å²) in [5, 5.41) is 31.6. The fourth-order valence-corrected chi connectivity index (χ4v) is 4.45. The Morgan fingerprint density at radius 2 is 1.84 bits per heavy atom. The van der Waals surface area contributed by atoms with Crippen molar-refractivity contribution in [1.29, 1.82) is 0 Å². The van der Waals surface area contributed by atoms with Gasteiger partial charge in [0.05, 0.1) is 13.2 Å². The van der Waals surface area contributed by atoms with E-state index in [-0.39, 0.29) is 6.61 Å². The van der Waals surface area contributed by atoms with Crippen molar-refractivity contribution in [2.75, 3.05) is 13.2 Å². The summed E-state index contributed by atoms with van der Waals surface area (Å²) in [6.45, 7) is 5.49. The average molecular weight is 432 g/mol. The minimum absolute atomic E-state index is 0.276. The fourth-order valence-electron chi connectivity index (χ4n) is 4.45. The van der Waals surface area contributed by atoms with Crippen molar-refractivity contribution in [1.82, 2.24) is 0 Å². The summed E-state index contributed by atoms with van der Waals surface area (Å²) < 4.78 is 31.7. The molecule has 31 heavy (non-hydrogen) atoms. The van der Waals surface area contributed by atoms with Crippen LogP contribution in [0.1, 0.15) is 36.1 Å². The van der Waals surface area contributed by atoms with Crippen LogP contribution in [0.25, 0.3) is 0 Å². The number of fused-ring (bicyclic) bond motifs is 2. The van der Waals surface area contributed by atoms with Gasteiger partial charge >= 0.3 is 0 Å². The van der Waals surface area contributed by atoms with Crippen molar-refractivity contribution in [2.24, 2.45) is 0 Å². The lowest BCUT2D eigenvalue weighted by atomic mass is 9.81. The molecule has 0 spiro atoms. The van der Waals surface area contributed by atoms with Crippen molar-refractivity contribution in [3.63, 3.8) is 0 Å². The minimum Gasteiger partial charge on any atom is -0.494 e. The third kappa shape index (κ3) is 3.54. The van der Waals surface area contributed by atoms with Gasteiger partial charge in [-0.3, -0.25) is 0 Å². The van der Waals surface area contributed by atoms with Crippen LogP contribution in [0.15, 0.2) is 42.5 Å². The molecule has 7 heteroatoms. The lowest BCUT2D eigenvalue weighted by Gasteiger charge is -2.47. The summed E-state index contributed by atoms with van der Waals surface area (Å²) in [6.07, 6.45) is -5.77. The summed E-state index contributed by atoms with van der Waals surface area (Å²) in [7, 11) is 0. The van der Waals surface area contributed by atoms with E-state index >= 15 is 0 Å². The van der Waals surface area contributed by atoms with E-state index in [1.54, 1.807) is 6.07 Å². The molecule has 0 amide bonds. The third-order valence-corrected chi connectivity index (χ3v) is 6.44. The molecule has 2 heterocycles. The normalized spacial score (nSPS) is 33.3. The number of alkyl halides is 1. The number of aliphatic hydroxyl groups excluding tert-OH is 3. The SMILES string of the molecule is CCOc1ccc(Cc2cc([C@]34OC[C@]([C@@H](C)F)(O3)[C@@H](O)[C@H](O)[C@H]4O)ccc2C)cc1. The first-order valence-corrected chi connectivity index (χ1v) is 10.6. The summed E-state index contributed by atoms with van der Waals surface area (Å²) in [5.74, 6) is -0.946. The Morgan fingerprint density at radius 3 is 2.48 bits per heavy atom. The molecule has 2 bridgehead atoms. The van der Waals surface area contributed by atoms with E-state index in [1.165, 1.54) is 6.92 Å². The van der Waals surface area contributed by atoms with Crippen LogP contribution in [0, 0.1) is 6.92 Å². The molecule has 2 aliphatic heterocycles. The van der Waals surface area contributed by atoms with Gasteiger partial charge in [0.15, 0.2) is 5.60 Å². The van der Waals surface area contributed by atoms with Crippen molar-refractivity contribution in [3.8, 4) is 5.75 Å². The Bertz CT molecular complexity index is 932. The molecule has 0 aromatic heterocycles. The molecule has 0 radical (unpaired) electrons. The van der Waals surface area contributed by atoms with Gasteiger partial charge in [0.1, 0.15) is 30.2 Å². The van der Waals surface area contributed by atoms with Crippen LogP contribution in [-0.4, -0.2) is 58.6 Å². The predicted molar refractivity (Wildman–Crippen MR) is 112 cm³/mol. The molecule has 0 saturated carbocycles. The number of hydrogen-bond acceptors (Lipinski definition) is 6. The van der Waals surface area contributed by atoms with Crippen LogP contribution in [0.3, 0.4) is 0 Å². The maximum Gasteiger partial charge on any atom is 0.225 e. The van der Waals surface area contributed by atoms with Gasteiger partial charge in [-0.25, -0.2) is 4.39 Å². The molecule has 6 atom stereocenters. The Labute approximate surface area is 181 Å². The molecular formula is C24H29FO6. The third-order valence-electron chi connectivity index (χ3n) is 6.44. The van der Waals surface area contributed by atoms with Crippen LogP contribution in [0.5, 0.6) is 5.75 Å². The maximum atomic E-state index is 14.5. The monoisotopic (exact) mass is 432 g/mol. The zero-order chi connectivity index (χ0) is 22.4. The number of aryl methyl sites for hydroxylation is 1. The van der Waals surface area contributed by atoms with E-state index in [2.05, 4.69) is 0 Å². The highest BCUT2D eigenvalue weighted by molar-refractivity contribution is 5.40. The molecule has 2 fully saturated rings. The van der Waals surface area contributed by atoms with E-state index in [0.29, 0.717) is 18.6 Å². The van der Waals surface area contributed by atoms with Gasteiger partial charge in [0, 0.05) is 5.56 Å². The van der Waals surface area contributed by atoms with Gasteiger partial charge in [-0.1, -0.05) is 24.3 Å². The van der Waals surface area contributed by atoms with Crippen LogP contribution < -0.4 is 4.74 Å². The second-order valence-corrected chi connectivity index (χ2v) is 8.40. The van der Waals surface area contributed by atoms with Gasteiger partial charge in [0.2, 0.25) is 5.79 Å². The number of halogens is 1. The van der Waals surface area contributed by atoms with Crippen molar-refractivity contribution < 1.29 is 33.9 Å². The molecule has 0 unspecified atom stereocenters.